The van der Waals surface area contributed by atoms with Gasteiger partial charge in [0.05, 0.1) is 16.8 Å². The van der Waals surface area contributed by atoms with Gasteiger partial charge >= 0.3 is 0 Å². The van der Waals surface area contributed by atoms with Gasteiger partial charge in [-0.3, -0.25) is 14.2 Å². The van der Waals surface area contributed by atoms with E-state index < -0.39 is 5.91 Å². The molecule has 0 radical (unpaired) electrons. The van der Waals surface area contributed by atoms with Gasteiger partial charge in [0, 0.05) is 17.3 Å². The van der Waals surface area contributed by atoms with Gasteiger partial charge in [-0.25, -0.2) is 0 Å². The maximum absolute atomic E-state index is 13.6. The van der Waals surface area contributed by atoms with Gasteiger partial charge < -0.3 is 14.5 Å². The van der Waals surface area contributed by atoms with E-state index in [1.165, 1.54) is 4.57 Å². The molecule has 3 aromatic carbocycles. The summed E-state index contributed by atoms with van der Waals surface area (Å²) in [5.74, 6) is 1.20. The Bertz CT molecular complexity index is 1830. The van der Waals surface area contributed by atoms with Crippen LogP contribution in [0.4, 0.5) is 5.69 Å². The van der Waals surface area contributed by atoms with Crippen LogP contribution in [0.3, 0.4) is 0 Å². The van der Waals surface area contributed by atoms with Gasteiger partial charge in [-0.1, -0.05) is 48.5 Å². The van der Waals surface area contributed by atoms with Crippen molar-refractivity contribution in [3.05, 3.63) is 122 Å². The lowest BCUT2D eigenvalue weighted by atomic mass is 10.2. The Morgan fingerprint density at radius 1 is 1.00 bits per heavy atom. The van der Waals surface area contributed by atoms with Crippen LogP contribution in [-0.2, 0) is 4.79 Å². The number of anilines is 1. The van der Waals surface area contributed by atoms with E-state index in [-0.39, 0.29) is 15.8 Å². The summed E-state index contributed by atoms with van der Waals surface area (Å²) in [7, 11) is 0. The zero-order valence-electron chi connectivity index (χ0n) is 21.0. The lowest BCUT2D eigenvalue weighted by molar-refractivity contribution is -0.111. The van der Waals surface area contributed by atoms with E-state index in [9.17, 15) is 14.9 Å². The average molecular weight is 534 g/mol. The molecule has 0 aliphatic heterocycles. The third kappa shape index (κ3) is 5.59. The number of para-hydroxylation sites is 1. The molecule has 5 rings (SSSR count). The predicted molar refractivity (Wildman–Crippen MR) is 152 cm³/mol. The summed E-state index contributed by atoms with van der Waals surface area (Å²) in [5.41, 5.74) is 1.41. The number of hydrogen-bond acceptors (Lipinski definition) is 6. The van der Waals surface area contributed by atoms with E-state index in [1.54, 1.807) is 60.7 Å². The van der Waals surface area contributed by atoms with Crippen LogP contribution in [-0.4, -0.2) is 17.1 Å². The van der Waals surface area contributed by atoms with E-state index in [1.807, 2.05) is 55.5 Å². The minimum Gasteiger partial charge on any atom is -0.494 e. The fraction of sp³-hybridized carbons (Fsp3) is 0.0645. The van der Waals surface area contributed by atoms with Crippen molar-refractivity contribution in [2.45, 2.75) is 6.92 Å². The zero-order chi connectivity index (χ0) is 27.2. The standard InChI is InChI=1S/C31H23N3O4S/c1-2-37-24-15-13-22(14-16-24)33-29(35)26(20-32)31-34(23-11-7-4-8-12-23)30(36)28(39-31)19-25-17-18-27(38-25)21-9-5-3-6-10-21/h3-19H,2H2,1H3,(H,33,35)/b28-19+,31-26-. The molecular formula is C31H23N3O4S. The molecule has 39 heavy (non-hydrogen) atoms. The Hall–Kier alpha value is -5.13. The number of nitrogens with one attached hydrogen (secondary N) is 1. The molecule has 0 saturated carbocycles. The van der Waals surface area contributed by atoms with E-state index in [0.29, 0.717) is 39.8 Å². The summed E-state index contributed by atoms with van der Waals surface area (Å²) in [6.45, 7) is 2.41. The van der Waals surface area contributed by atoms with Crippen LogP contribution >= 0.6 is 11.3 Å². The third-order valence-electron chi connectivity index (χ3n) is 5.77. The van der Waals surface area contributed by atoms with Crippen LogP contribution in [0.25, 0.3) is 28.7 Å². The Morgan fingerprint density at radius 3 is 2.36 bits per heavy atom. The number of ether oxygens (including phenoxy) is 1. The Labute approximate surface area is 228 Å². The number of aromatic nitrogens is 1. The van der Waals surface area contributed by atoms with Gasteiger partial charge in [0.1, 0.15) is 28.0 Å². The van der Waals surface area contributed by atoms with Crippen LogP contribution in [0, 0.1) is 11.3 Å². The van der Waals surface area contributed by atoms with Crippen molar-refractivity contribution in [2.75, 3.05) is 11.9 Å². The first kappa shape index (κ1) is 25.5. The molecule has 2 heterocycles. The van der Waals surface area contributed by atoms with Gasteiger partial charge in [0.15, 0.2) is 5.57 Å². The highest BCUT2D eigenvalue weighted by molar-refractivity contribution is 7.07. The molecule has 0 bridgehead atoms. The molecule has 1 N–H and O–H groups in total. The molecular weight excluding hydrogens is 510 g/mol. The fourth-order valence-electron chi connectivity index (χ4n) is 3.97. The normalized spacial score (nSPS) is 12.1. The summed E-state index contributed by atoms with van der Waals surface area (Å²) in [5, 5.41) is 12.8. The lowest BCUT2D eigenvalue weighted by Crippen LogP contribution is -2.32. The summed E-state index contributed by atoms with van der Waals surface area (Å²) in [6.07, 6.45) is 1.63. The van der Waals surface area contributed by atoms with Crippen LogP contribution < -0.4 is 24.8 Å². The maximum atomic E-state index is 13.6. The van der Waals surface area contributed by atoms with Crippen molar-refractivity contribution < 1.29 is 13.9 Å². The number of rotatable bonds is 7. The average Bonchev–Trinajstić information content (AvgIpc) is 3.56. The van der Waals surface area contributed by atoms with Crippen LogP contribution in [0.2, 0.25) is 0 Å². The first-order chi connectivity index (χ1) is 19.1. The lowest BCUT2D eigenvalue weighted by Gasteiger charge is -2.07. The largest absolute Gasteiger partial charge is 0.494 e. The molecule has 1 amide bonds. The fourth-order valence-corrected chi connectivity index (χ4v) is 5.05. The summed E-state index contributed by atoms with van der Waals surface area (Å²) in [6, 6.07) is 31.0. The molecule has 0 spiro atoms. The maximum Gasteiger partial charge on any atom is 0.273 e. The Morgan fingerprint density at radius 2 is 1.69 bits per heavy atom. The summed E-state index contributed by atoms with van der Waals surface area (Å²) >= 11 is 1.06. The molecule has 8 heteroatoms. The van der Waals surface area contributed by atoms with Crippen LogP contribution in [0.5, 0.6) is 5.75 Å². The number of carbonyl (C=O) groups is 1. The van der Waals surface area contributed by atoms with Gasteiger partial charge in [-0.05, 0) is 55.5 Å². The number of carbonyl (C=O) groups excluding carboxylic acids is 1. The topological polar surface area (TPSA) is 97.3 Å². The molecule has 0 atom stereocenters. The number of thiazole rings is 1. The molecule has 2 aromatic heterocycles. The number of nitrogens with zero attached hydrogens (tertiary/aromatic N) is 2. The van der Waals surface area contributed by atoms with Crippen molar-refractivity contribution in [1.82, 2.24) is 4.57 Å². The third-order valence-corrected chi connectivity index (χ3v) is 6.86. The molecule has 7 nitrogen and oxygen atoms in total. The van der Waals surface area contributed by atoms with E-state index in [2.05, 4.69) is 5.32 Å². The second-order valence-corrected chi connectivity index (χ2v) is 9.39. The Kier molecular flexibility index (Phi) is 7.53. The van der Waals surface area contributed by atoms with Gasteiger partial charge in [-0.2, -0.15) is 5.26 Å². The van der Waals surface area contributed by atoms with Crippen molar-refractivity contribution in [3.8, 4) is 28.8 Å². The number of furan rings is 1. The second-order valence-electron chi connectivity index (χ2n) is 8.36. The number of amides is 1. The van der Waals surface area contributed by atoms with Crippen LogP contribution in [0.1, 0.15) is 12.7 Å². The first-order valence-electron chi connectivity index (χ1n) is 12.2. The van der Waals surface area contributed by atoms with Gasteiger partial charge in [-0.15, -0.1) is 11.3 Å². The molecule has 192 valence electrons. The van der Waals surface area contributed by atoms with E-state index in [0.717, 1.165) is 16.9 Å². The summed E-state index contributed by atoms with van der Waals surface area (Å²) in [4.78, 5) is 26.8. The SMILES string of the molecule is CCOc1ccc(NC(=O)/C(C#N)=c2\s/c(=C/c3ccc(-c4ccccc4)o3)c(=O)n2-c2ccccc2)cc1. The number of benzene rings is 3. The van der Waals surface area contributed by atoms with Crippen molar-refractivity contribution in [2.24, 2.45) is 0 Å². The Balaban J connectivity index is 1.61. The van der Waals surface area contributed by atoms with Crippen molar-refractivity contribution >= 4 is 34.6 Å². The highest BCUT2D eigenvalue weighted by atomic mass is 32.1. The van der Waals surface area contributed by atoms with Crippen molar-refractivity contribution in [3.63, 3.8) is 0 Å². The highest BCUT2D eigenvalue weighted by Crippen LogP contribution is 2.22. The molecule has 0 aliphatic carbocycles. The smallest absolute Gasteiger partial charge is 0.273 e. The van der Waals surface area contributed by atoms with Crippen molar-refractivity contribution in [1.29, 1.82) is 5.26 Å². The van der Waals surface area contributed by atoms with Gasteiger partial charge in [0.25, 0.3) is 11.5 Å². The molecule has 0 aliphatic rings. The zero-order valence-corrected chi connectivity index (χ0v) is 21.8. The highest BCUT2D eigenvalue weighted by Gasteiger charge is 2.17. The molecule has 0 saturated heterocycles. The van der Waals surface area contributed by atoms with Gasteiger partial charge in [0.2, 0.25) is 0 Å². The quantitative estimate of drug-likeness (QED) is 0.327. The minimum absolute atomic E-state index is 0.182. The summed E-state index contributed by atoms with van der Waals surface area (Å²) < 4.78 is 13.3. The number of nitriles is 1. The monoisotopic (exact) mass is 533 g/mol. The number of hydrogen-bond donors (Lipinski definition) is 1. The first-order valence-corrected chi connectivity index (χ1v) is 13.0. The predicted octanol–water partition coefficient (Wildman–Crippen LogP) is 4.70. The molecule has 5 aromatic rings. The van der Waals surface area contributed by atoms with Crippen LogP contribution in [0.15, 0.2) is 106 Å². The molecule has 0 fully saturated rings. The van der Waals surface area contributed by atoms with E-state index in [4.69, 9.17) is 9.15 Å². The second kappa shape index (κ2) is 11.5. The minimum atomic E-state index is -0.622. The van der Waals surface area contributed by atoms with E-state index >= 15 is 0 Å². The molecule has 0 unspecified atom stereocenters.